The number of amides is 1. The Balaban J connectivity index is 2.27. The average molecular weight is 221 g/mol. The van der Waals surface area contributed by atoms with E-state index in [4.69, 9.17) is 10.8 Å². The van der Waals surface area contributed by atoms with Crippen LogP contribution in [-0.4, -0.2) is 28.5 Å². The second kappa shape index (κ2) is 3.80. The molecule has 0 radical (unpaired) electrons. The van der Waals surface area contributed by atoms with Gasteiger partial charge in [0.05, 0.1) is 23.5 Å². The monoisotopic (exact) mass is 221 g/mol. The normalized spacial score (nSPS) is 20.1. The first-order valence-corrected chi connectivity index (χ1v) is 4.82. The molecule has 0 bridgehead atoms. The van der Waals surface area contributed by atoms with Gasteiger partial charge >= 0.3 is 5.97 Å². The lowest BCUT2D eigenvalue weighted by molar-refractivity contribution is -0.141. The number of anilines is 2. The van der Waals surface area contributed by atoms with Crippen molar-refractivity contribution in [2.75, 3.05) is 17.2 Å². The molecule has 1 amide bonds. The molecule has 2 rings (SSSR count). The van der Waals surface area contributed by atoms with E-state index in [9.17, 15) is 9.59 Å². The number of nitrogens with zero attached hydrogens (tertiary/aromatic N) is 2. The van der Waals surface area contributed by atoms with E-state index in [1.807, 2.05) is 0 Å². The minimum atomic E-state index is -0.955. The Morgan fingerprint density at radius 2 is 2.38 bits per heavy atom. The van der Waals surface area contributed by atoms with Crippen LogP contribution in [0.5, 0.6) is 0 Å². The molecule has 3 N–H and O–H groups in total. The van der Waals surface area contributed by atoms with Gasteiger partial charge in [0, 0.05) is 19.2 Å². The molecule has 0 aromatic carbocycles. The highest BCUT2D eigenvalue weighted by Crippen LogP contribution is 2.28. The molecule has 6 nitrogen and oxygen atoms in total. The molecular formula is C10H11N3O3. The maximum absolute atomic E-state index is 11.6. The number of carbonyl (C=O) groups excluding carboxylic acids is 1. The topological polar surface area (TPSA) is 96.5 Å². The van der Waals surface area contributed by atoms with E-state index in [0.29, 0.717) is 11.4 Å². The number of rotatable bonds is 2. The molecule has 1 saturated heterocycles. The van der Waals surface area contributed by atoms with Gasteiger partial charge in [0.15, 0.2) is 0 Å². The second-order valence-electron chi connectivity index (χ2n) is 3.68. The molecule has 0 saturated carbocycles. The fourth-order valence-electron chi connectivity index (χ4n) is 1.75. The molecule has 1 fully saturated rings. The summed E-state index contributed by atoms with van der Waals surface area (Å²) in [7, 11) is 0. The standard InChI is InChI=1S/C10H11N3O3/c11-7-4-12-2-1-8(7)13-5-6(10(15)16)3-9(13)14/h1-2,4,6H,3,5,11H2,(H,15,16). The van der Waals surface area contributed by atoms with Crippen molar-refractivity contribution < 1.29 is 14.7 Å². The van der Waals surface area contributed by atoms with E-state index in [1.165, 1.54) is 17.3 Å². The summed E-state index contributed by atoms with van der Waals surface area (Å²) < 4.78 is 0. The predicted octanol–water partition coefficient (Wildman–Crippen LogP) is 0.101. The fourth-order valence-corrected chi connectivity index (χ4v) is 1.75. The van der Waals surface area contributed by atoms with Gasteiger partial charge in [0.1, 0.15) is 0 Å². The molecule has 0 spiro atoms. The predicted molar refractivity (Wildman–Crippen MR) is 56.7 cm³/mol. The van der Waals surface area contributed by atoms with Crippen LogP contribution in [0.2, 0.25) is 0 Å². The highest BCUT2D eigenvalue weighted by molar-refractivity contribution is 6.01. The quantitative estimate of drug-likeness (QED) is 0.738. The second-order valence-corrected chi connectivity index (χ2v) is 3.68. The van der Waals surface area contributed by atoms with Crippen molar-refractivity contribution in [3.05, 3.63) is 18.5 Å². The zero-order valence-corrected chi connectivity index (χ0v) is 8.46. The number of carboxylic acids is 1. The van der Waals surface area contributed by atoms with Gasteiger partial charge in [-0.15, -0.1) is 0 Å². The first kappa shape index (κ1) is 10.4. The lowest BCUT2D eigenvalue weighted by Gasteiger charge is -2.17. The van der Waals surface area contributed by atoms with E-state index < -0.39 is 11.9 Å². The summed E-state index contributed by atoms with van der Waals surface area (Å²) in [6.07, 6.45) is 2.99. The van der Waals surface area contributed by atoms with Gasteiger partial charge in [0.2, 0.25) is 5.91 Å². The zero-order chi connectivity index (χ0) is 11.7. The lowest BCUT2D eigenvalue weighted by atomic mass is 10.1. The van der Waals surface area contributed by atoms with Gasteiger partial charge in [-0.1, -0.05) is 0 Å². The molecule has 1 unspecified atom stereocenters. The summed E-state index contributed by atoms with van der Waals surface area (Å²) in [5.74, 6) is -1.83. The smallest absolute Gasteiger partial charge is 0.308 e. The number of hydrogen-bond donors (Lipinski definition) is 2. The summed E-state index contributed by atoms with van der Waals surface area (Å²) in [4.78, 5) is 27.6. The third-order valence-electron chi connectivity index (χ3n) is 2.59. The van der Waals surface area contributed by atoms with Crippen LogP contribution in [0.1, 0.15) is 6.42 Å². The Morgan fingerprint density at radius 1 is 1.62 bits per heavy atom. The summed E-state index contributed by atoms with van der Waals surface area (Å²) in [6, 6.07) is 1.61. The third-order valence-corrected chi connectivity index (χ3v) is 2.59. The number of carboxylic acid groups (broad SMARTS) is 1. The number of aliphatic carboxylic acids is 1. The lowest BCUT2D eigenvalue weighted by Crippen LogP contribution is -2.26. The van der Waals surface area contributed by atoms with Crippen LogP contribution in [0.15, 0.2) is 18.5 Å². The van der Waals surface area contributed by atoms with Crippen LogP contribution in [0.4, 0.5) is 11.4 Å². The Morgan fingerprint density at radius 3 is 2.94 bits per heavy atom. The highest BCUT2D eigenvalue weighted by Gasteiger charge is 2.35. The Kier molecular flexibility index (Phi) is 2.47. The molecule has 84 valence electrons. The van der Waals surface area contributed by atoms with Crippen LogP contribution in [0, 0.1) is 5.92 Å². The van der Waals surface area contributed by atoms with Crippen LogP contribution >= 0.6 is 0 Å². The maximum atomic E-state index is 11.6. The molecular weight excluding hydrogens is 210 g/mol. The van der Waals surface area contributed by atoms with Crippen molar-refractivity contribution in [3.8, 4) is 0 Å². The molecule has 1 aromatic heterocycles. The zero-order valence-electron chi connectivity index (χ0n) is 8.46. The number of hydrogen-bond acceptors (Lipinski definition) is 4. The third kappa shape index (κ3) is 1.69. The van der Waals surface area contributed by atoms with Crippen molar-refractivity contribution in [1.29, 1.82) is 0 Å². The maximum Gasteiger partial charge on any atom is 0.308 e. The van der Waals surface area contributed by atoms with Gasteiger partial charge < -0.3 is 15.7 Å². The fraction of sp³-hybridized carbons (Fsp3) is 0.300. The largest absolute Gasteiger partial charge is 0.481 e. The first-order chi connectivity index (χ1) is 7.59. The van der Waals surface area contributed by atoms with E-state index in [-0.39, 0.29) is 18.9 Å². The minimum absolute atomic E-state index is 0.0249. The van der Waals surface area contributed by atoms with Gasteiger partial charge in [-0.3, -0.25) is 14.6 Å². The average Bonchev–Trinajstić information content (AvgIpc) is 2.61. The van der Waals surface area contributed by atoms with Crippen LogP contribution in [0.3, 0.4) is 0 Å². The number of aromatic nitrogens is 1. The van der Waals surface area contributed by atoms with Crippen molar-refractivity contribution >= 4 is 23.3 Å². The summed E-state index contributed by atoms with van der Waals surface area (Å²) >= 11 is 0. The Hall–Kier alpha value is -2.11. The Labute approximate surface area is 91.7 Å². The van der Waals surface area contributed by atoms with Crippen molar-refractivity contribution in [2.24, 2.45) is 5.92 Å². The van der Waals surface area contributed by atoms with Gasteiger partial charge in [-0.05, 0) is 6.07 Å². The molecule has 16 heavy (non-hydrogen) atoms. The van der Waals surface area contributed by atoms with Crippen LogP contribution in [0.25, 0.3) is 0 Å². The molecule has 1 aromatic rings. The number of carbonyl (C=O) groups is 2. The highest BCUT2D eigenvalue weighted by atomic mass is 16.4. The summed E-state index contributed by atoms with van der Waals surface area (Å²) in [6.45, 7) is 0.169. The van der Waals surface area contributed by atoms with Gasteiger partial charge in [-0.2, -0.15) is 0 Å². The van der Waals surface area contributed by atoms with E-state index in [2.05, 4.69) is 4.98 Å². The summed E-state index contributed by atoms with van der Waals surface area (Å²) in [5, 5.41) is 8.84. The Bertz CT molecular complexity index is 447. The molecule has 1 aliphatic heterocycles. The first-order valence-electron chi connectivity index (χ1n) is 4.82. The van der Waals surface area contributed by atoms with Crippen molar-refractivity contribution in [3.63, 3.8) is 0 Å². The van der Waals surface area contributed by atoms with Crippen LogP contribution in [-0.2, 0) is 9.59 Å². The number of nitrogen functional groups attached to an aromatic ring is 1. The molecule has 2 heterocycles. The van der Waals surface area contributed by atoms with Gasteiger partial charge in [0.25, 0.3) is 0 Å². The summed E-state index contributed by atoms with van der Waals surface area (Å²) in [5.41, 5.74) is 6.59. The van der Waals surface area contributed by atoms with Crippen molar-refractivity contribution in [1.82, 2.24) is 4.98 Å². The minimum Gasteiger partial charge on any atom is -0.481 e. The molecule has 0 aliphatic carbocycles. The van der Waals surface area contributed by atoms with Gasteiger partial charge in [-0.25, -0.2) is 0 Å². The SMILES string of the molecule is Nc1cnccc1N1CC(C(=O)O)CC1=O. The van der Waals surface area contributed by atoms with Crippen molar-refractivity contribution in [2.45, 2.75) is 6.42 Å². The molecule has 1 atom stereocenters. The van der Waals surface area contributed by atoms with Crippen LogP contribution < -0.4 is 10.6 Å². The van der Waals surface area contributed by atoms with E-state index >= 15 is 0 Å². The molecule has 6 heteroatoms. The van der Waals surface area contributed by atoms with E-state index in [0.717, 1.165) is 0 Å². The number of pyridine rings is 1. The molecule has 1 aliphatic rings. The van der Waals surface area contributed by atoms with E-state index in [1.54, 1.807) is 6.07 Å². The number of nitrogens with two attached hydrogens (primary N) is 1.